The average molecular weight is 307 g/mol. The first-order valence-electron chi connectivity index (χ1n) is 6.83. The van der Waals surface area contributed by atoms with Gasteiger partial charge in [-0.2, -0.15) is 0 Å². The summed E-state index contributed by atoms with van der Waals surface area (Å²) in [4.78, 5) is 13.7. The fourth-order valence-corrected chi connectivity index (χ4v) is 2.11. The van der Waals surface area contributed by atoms with E-state index in [1.54, 1.807) is 26.1 Å². The van der Waals surface area contributed by atoms with Crippen LogP contribution in [0.3, 0.4) is 0 Å². The molecule has 1 atom stereocenters. The van der Waals surface area contributed by atoms with Crippen LogP contribution in [0.1, 0.15) is 24.1 Å². The van der Waals surface area contributed by atoms with E-state index >= 15 is 0 Å². The number of carbonyl (C=O) groups is 1. The molecule has 0 radical (unpaired) electrons. The second kappa shape index (κ2) is 6.64. The highest BCUT2D eigenvalue weighted by Gasteiger charge is 2.18. The van der Waals surface area contributed by atoms with Gasteiger partial charge >= 0.3 is 0 Å². The minimum Gasteiger partial charge on any atom is -0.339 e. The van der Waals surface area contributed by atoms with Crippen LogP contribution in [0, 0.1) is 17.5 Å². The number of carbonyl (C=O) groups excluding carboxylic acids is 1. The zero-order valence-electron chi connectivity index (χ0n) is 12.3. The third-order valence-corrected chi connectivity index (χ3v) is 3.67. The Hall–Kier alpha value is -2.30. The molecule has 0 saturated carbocycles. The maximum atomic E-state index is 13.3. The molecule has 116 valence electrons. The smallest absolute Gasteiger partial charge is 0.227 e. The Morgan fingerprint density at radius 1 is 1.05 bits per heavy atom. The average Bonchev–Trinajstić information content (AvgIpc) is 2.50. The number of amides is 1. The standard InChI is InChI=1S/C17H16F3NO/c1-11(13-5-8-15(19)16(20)10-13)21(2)17(22)9-12-3-6-14(18)7-4-12/h3-8,10-11H,9H2,1-2H3. The summed E-state index contributed by atoms with van der Waals surface area (Å²) < 4.78 is 39.1. The van der Waals surface area contributed by atoms with Crippen molar-refractivity contribution in [3.05, 3.63) is 71.0 Å². The van der Waals surface area contributed by atoms with E-state index in [4.69, 9.17) is 0 Å². The third-order valence-electron chi connectivity index (χ3n) is 3.67. The second-order valence-corrected chi connectivity index (χ2v) is 5.16. The monoisotopic (exact) mass is 307 g/mol. The van der Waals surface area contributed by atoms with Crippen molar-refractivity contribution in [3.8, 4) is 0 Å². The number of rotatable bonds is 4. The van der Waals surface area contributed by atoms with Gasteiger partial charge in [0.05, 0.1) is 12.5 Å². The van der Waals surface area contributed by atoms with Crippen molar-refractivity contribution in [1.82, 2.24) is 4.90 Å². The Labute approximate surface area is 127 Å². The van der Waals surface area contributed by atoms with E-state index in [9.17, 15) is 18.0 Å². The summed E-state index contributed by atoms with van der Waals surface area (Å²) in [6.45, 7) is 1.73. The normalized spacial score (nSPS) is 12.0. The zero-order chi connectivity index (χ0) is 16.3. The van der Waals surface area contributed by atoms with Gasteiger partial charge in [-0.3, -0.25) is 4.79 Å². The van der Waals surface area contributed by atoms with Gasteiger partial charge in [0.25, 0.3) is 0 Å². The fraction of sp³-hybridized carbons (Fsp3) is 0.235. The van der Waals surface area contributed by atoms with Gasteiger partial charge in [0.1, 0.15) is 5.82 Å². The SMILES string of the molecule is CC(c1ccc(F)c(F)c1)N(C)C(=O)Cc1ccc(F)cc1. The van der Waals surface area contributed by atoms with Crippen molar-refractivity contribution < 1.29 is 18.0 Å². The second-order valence-electron chi connectivity index (χ2n) is 5.16. The molecular weight excluding hydrogens is 291 g/mol. The first kappa shape index (κ1) is 16.1. The maximum absolute atomic E-state index is 13.3. The van der Waals surface area contributed by atoms with Crippen LogP contribution >= 0.6 is 0 Å². The van der Waals surface area contributed by atoms with Gasteiger partial charge in [0, 0.05) is 7.05 Å². The molecule has 0 N–H and O–H groups in total. The summed E-state index contributed by atoms with van der Waals surface area (Å²) in [7, 11) is 1.60. The molecule has 2 rings (SSSR count). The predicted octanol–water partition coefficient (Wildman–Crippen LogP) is 3.87. The molecule has 0 heterocycles. The van der Waals surface area contributed by atoms with Gasteiger partial charge in [-0.15, -0.1) is 0 Å². The molecule has 1 amide bonds. The quantitative estimate of drug-likeness (QED) is 0.840. The molecule has 2 aromatic rings. The van der Waals surface area contributed by atoms with E-state index < -0.39 is 17.7 Å². The molecule has 0 spiro atoms. The molecule has 0 aromatic heterocycles. The van der Waals surface area contributed by atoms with Crippen molar-refractivity contribution in [2.24, 2.45) is 0 Å². The number of nitrogens with zero attached hydrogens (tertiary/aromatic N) is 1. The van der Waals surface area contributed by atoms with E-state index in [-0.39, 0.29) is 18.1 Å². The van der Waals surface area contributed by atoms with Gasteiger partial charge in [-0.25, -0.2) is 13.2 Å². The minimum absolute atomic E-state index is 0.116. The number of likely N-dealkylation sites (N-methyl/N-ethyl adjacent to an activating group) is 1. The Morgan fingerprint density at radius 3 is 2.27 bits per heavy atom. The van der Waals surface area contributed by atoms with Gasteiger partial charge in [-0.1, -0.05) is 18.2 Å². The zero-order valence-corrected chi connectivity index (χ0v) is 12.3. The highest BCUT2D eigenvalue weighted by molar-refractivity contribution is 5.79. The van der Waals surface area contributed by atoms with Gasteiger partial charge in [0.15, 0.2) is 11.6 Å². The molecule has 0 aliphatic heterocycles. The van der Waals surface area contributed by atoms with Crippen LogP contribution in [0.25, 0.3) is 0 Å². The van der Waals surface area contributed by atoms with Crippen LogP contribution in [-0.4, -0.2) is 17.9 Å². The summed E-state index contributed by atoms with van der Waals surface area (Å²) in [5.41, 5.74) is 1.20. The van der Waals surface area contributed by atoms with Crippen LogP contribution < -0.4 is 0 Å². The highest BCUT2D eigenvalue weighted by Crippen LogP contribution is 2.21. The van der Waals surface area contributed by atoms with Gasteiger partial charge in [0.2, 0.25) is 5.91 Å². The van der Waals surface area contributed by atoms with Crippen molar-refractivity contribution in [3.63, 3.8) is 0 Å². The lowest BCUT2D eigenvalue weighted by Gasteiger charge is -2.25. The lowest BCUT2D eigenvalue weighted by Crippen LogP contribution is -2.31. The van der Waals surface area contributed by atoms with E-state index in [1.165, 1.54) is 23.1 Å². The first-order chi connectivity index (χ1) is 10.4. The fourth-order valence-electron chi connectivity index (χ4n) is 2.11. The molecule has 0 aliphatic rings. The third kappa shape index (κ3) is 3.67. The van der Waals surface area contributed by atoms with Crippen molar-refractivity contribution >= 4 is 5.91 Å². The summed E-state index contributed by atoms with van der Waals surface area (Å²) >= 11 is 0. The van der Waals surface area contributed by atoms with Crippen molar-refractivity contribution in [1.29, 1.82) is 0 Å². The molecule has 0 fully saturated rings. The Bertz CT molecular complexity index is 670. The molecule has 1 unspecified atom stereocenters. The van der Waals surface area contributed by atoms with Crippen molar-refractivity contribution in [2.45, 2.75) is 19.4 Å². The molecule has 2 nitrogen and oxygen atoms in total. The molecule has 0 bridgehead atoms. The Kier molecular flexibility index (Phi) is 4.85. The van der Waals surface area contributed by atoms with Crippen LogP contribution in [0.15, 0.2) is 42.5 Å². The topological polar surface area (TPSA) is 20.3 Å². The molecule has 0 saturated heterocycles. The van der Waals surface area contributed by atoms with Crippen LogP contribution in [0.2, 0.25) is 0 Å². The van der Waals surface area contributed by atoms with E-state index in [0.717, 1.165) is 12.1 Å². The highest BCUT2D eigenvalue weighted by atomic mass is 19.2. The van der Waals surface area contributed by atoms with E-state index in [1.807, 2.05) is 0 Å². The molecule has 2 aromatic carbocycles. The Morgan fingerprint density at radius 2 is 1.68 bits per heavy atom. The molecule has 0 aliphatic carbocycles. The van der Waals surface area contributed by atoms with Crippen LogP contribution in [0.5, 0.6) is 0 Å². The summed E-state index contributed by atoms with van der Waals surface area (Å²) in [6.07, 6.45) is 0.116. The number of benzene rings is 2. The Balaban J connectivity index is 2.08. The summed E-state index contributed by atoms with van der Waals surface area (Å²) in [5, 5.41) is 0. The summed E-state index contributed by atoms with van der Waals surface area (Å²) in [5.74, 6) is -2.41. The lowest BCUT2D eigenvalue weighted by molar-refractivity contribution is -0.131. The summed E-state index contributed by atoms with van der Waals surface area (Å²) in [6, 6.07) is 8.85. The number of halogens is 3. The maximum Gasteiger partial charge on any atom is 0.227 e. The number of hydrogen-bond acceptors (Lipinski definition) is 1. The van der Waals surface area contributed by atoms with Crippen LogP contribution in [-0.2, 0) is 11.2 Å². The minimum atomic E-state index is -0.941. The van der Waals surface area contributed by atoms with Gasteiger partial charge in [-0.05, 0) is 42.3 Å². The number of hydrogen-bond donors (Lipinski definition) is 0. The predicted molar refractivity (Wildman–Crippen MR) is 77.6 cm³/mol. The molecular formula is C17H16F3NO. The molecule has 22 heavy (non-hydrogen) atoms. The van der Waals surface area contributed by atoms with E-state index in [0.29, 0.717) is 11.1 Å². The lowest BCUT2D eigenvalue weighted by atomic mass is 10.1. The van der Waals surface area contributed by atoms with Crippen LogP contribution in [0.4, 0.5) is 13.2 Å². The molecule has 5 heteroatoms. The van der Waals surface area contributed by atoms with E-state index in [2.05, 4.69) is 0 Å². The first-order valence-corrected chi connectivity index (χ1v) is 6.83. The van der Waals surface area contributed by atoms with Crippen molar-refractivity contribution in [2.75, 3.05) is 7.05 Å². The largest absolute Gasteiger partial charge is 0.339 e. The van der Waals surface area contributed by atoms with Gasteiger partial charge < -0.3 is 4.90 Å².